The number of aromatic hydroxyl groups is 1. The first-order valence-electron chi connectivity index (χ1n) is 9.39. The lowest BCUT2D eigenvalue weighted by Gasteiger charge is -2.36. The van der Waals surface area contributed by atoms with E-state index in [0.29, 0.717) is 18.8 Å². The second-order valence-electron chi connectivity index (χ2n) is 6.93. The van der Waals surface area contributed by atoms with Crippen molar-refractivity contribution >= 4 is 17.3 Å². The van der Waals surface area contributed by atoms with Crippen LogP contribution >= 0.6 is 0 Å². The van der Waals surface area contributed by atoms with Crippen LogP contribution in [0.4, 0.5) is 5.69 Å². The number of nitrogens with zero attached hydrogens (tertiary/aromatic N) is 4. The zero-order valence-corrected chi connectivity index (χ0v) is 15.3. The van der Waals surface area contributed by atoms with Crippen LogP contribution in [0, 0.1) is 0 Å². The Kier molecular flexibility index (Phi) is 5.07. The van der Waals surface area contributed by atoms with Gasteiger partial charge in [0.05, 0.1) is 24.5 Å². The molecule has 1 amide bonds. The predicted octanol–water partition coefficient (Wildman–Crippen LogP) is 2.15. The van der Waals surface area contributed by atoms with Crippen LogP contribution in [0.1, 0.15) is 12.0 Å². The molecule has 2 aromatic carbocycles. The Bertz CT molecular complexity index is 829. The van der Waals surface area contributed by atoms with Gasteiger partial charge in [0, 0.05) is 32.6 Å². The molecule has 2 heterocycles. The van der Waals surface area contributed by atoms with Crippen molar-refractivity contribution in [2.24, 2.45) is 5.10 Å². The minimum atomic E-state index is 0.0527. The number of phenols is 1. The summed E-state index contributed by atoms with van der Waals surface area (Å²) in [5.74, 6) is 0.360. The molecule has 0 bridgehead atoms. The second kappa shape index (κ2) is 7.80. The number of rotatable bonds is 4. The van der Waals surface area contributed by atoms with Gasteiger partial charge in [-0.05, 0) is 17.7 Å². The first kappa shape index (κ1) is 17.5. The van der Waals surface area contributed by atoms with Gasteiger partial charge in [0.2, 0.25) is 0 Å². The summed E-state index contributed by atoms with van der Waals surface area (Å²) >= 11 is 0. The van der Waals surface area contributed by atoms with Gasteiger partial charge < -0.3 is 10.0 Å². The van der Waals surface area contributed by atoms with E-state index in [-0.39, 0.29) is 5.91 Å². The second-order valence-corrected chi connectivity index (χ2v) is 6.93. The summed E-state index contributed by atoms with van der Waals surface area (Å²) in [5, 5.41) is 16.1. The highest BCUT2D eigenvalue weighted by Gasteiger charge is 2.25. The number of benzene rings is 2. The van der Waals surface area contributed by atoms with E-state index in [0.717, 1.165) is 49.6 Å². The minimum Gasteiger partial charge on any atom is -0.506 e. The lowest BCUT2D eigenvalue weighted by atomic mass is 10.1. The molecule has 1 N–H and O–H groups in total. The number of hydrogen-bond donors (Lipinski definition) is 1. The molecule has 0 saturated carbocycles. The molecular formula is C21H24N4O2. The fourth-order valence-corrected chi connectivity index (χ4v) is 3.62. The van der Waals surface area contributed by atoms with Gasteiger partial charge >= 0.3 is 0 Å². The molecule has 0 atom stereocenters. The van der Waals surface area contributed by atoms with E-state index in [1.807, 2.05) is 48.5 Å². The van der Waals surface area contributed by atoms with Crippen LogP contribution in [0.3, 0.4) is 0 Å². The summed E-state index contributed by atoms with van der Waals surface area (Å²) in [6, 6.07) is 17.4. The van der Waals surface area contributed by atoms with Crippen molar-refractivity contribution in [3.05, 3.63) is 60.2 Å². The molecule has 0 aliphatic carbocycles. The fourth-order valence-electron chi connectivity index (χ4n) is 3.62. The van der Waals surface area contributed by atoms with E-state index in [4.69, 9.17) is 0 Å². The Morgan fingerprint density at radius 3 is 2.37 bits per heavy atom. The number of piperazine rings is 1. The zero-order valence-electron chi connectivity index (χ0n) is 15.3. The van der Waals surface area contributed by atoms with Gasteiger partial charge in [0.25, 0.3) is 5.91 Å². The van der Waals surface area contributed by atoms with Crippen molar-refractivity contribution in [3.8, 4) is 5.75 Å². The molecule has 140 valence electrons. The number of carbonyl (C=O) groups excluding carboxylic acids is 1. The van der Waals surface area contributed by atoms with Gasteiger partial charge in [-0.1, -0.05) is 42.5 Å². The van der Waals surface area contributed by atoms with Crippen molar-refractivity contribution < 1.29 is 9.90 Å². The molecule has 2 aliphatic rings. The molecule has 0 spiro atoms. The molecule has 0 aromatic heterocycles. The number of amides is 1. The number of carbonyl (C=O) groups is 1. The number of hydrazone groups is 1. The van der Waals surface area contributed by atoms with Crippen LogP contribution < -0.4 is 4.90 Å². The molecule has 1 saturated heterocycles. The molecule has 4 rings (SSSR count). The third-order valence-electron chi connectivity index (χ3n) is 5.15. The van der Waals surface area contributed by atoms with E-state index >= 15 is 0 Å². The molecule has 27 heavy (non-hydrogen) atoms. The Morgan fingerprint density at radius 2 is 1.63 bits per heavy atom. The van der Waals surface area contributed by atoms with E-state index in [1.54, 1.807) is 11.1 Å². The normalized spacial score (nSPS) is 17.9. The molecule has 1 fully saturated rings. The van der Waals surface area contributed by atoms with Crippen molar-refractivity contribution in [2.45, 2.75) is 6.42 Å². The first-order chi connectivity index (χ1) is 13.2. The largest absolute Gasteiger partial charge is 0.506 e. The van der Waals surface area contributed by atoms with E-state index in [1.165, 1.54) is 0 Å². The number of anilines is 1. The summed E-state index contributed by atoms with van der Waals surface area (Å²) in [4.78, 5) is 16.9. The standard InChI is InChI=1S/C21H24N4O2/c26-20-9-5-4-8-19(20)24-14-12-23(13-15-24)16-21(27)25-11-10-18(22-25)17-6-2-1-3-7-17/h1-9,26H,10-16H2. The Labute approximate surface area is 159 Å². The summed E-state index contributed by atoms with van der Waals surface area (Å²) < 4.78 is 0. The molecule has 0 radical (unpaired) electrons. The smallest absolute Gasteiger partial charge is 0.256 e. The summed E-state index contributed by atoms with van der Waals surface area (Å²) in [7, 11) is 0. The highest BCUT2D eigenvalue weighted by Crippen LogP contribution is 2.27. The highest BCUT2D eigenvalue weighted by atomic mass is 16.3. The topological polar surface area (TPSA) is 59.4 Å². The lowest BCUT2D eigenvalue weighted by Crippen LogP contribution is -2.49. The average molecular weight is 364 g/mol. The van der Waals surface area contributed by atoms with Gasteiger partial charge in [-0.25, -0.2) is 5.01 Å². The fraction of sp³-hybridized carbons (Fsp3) is 0.333. The van der Waals surface area contributed by atoms with Crippen LogP contribution in [-0.4, -0.2) is 65.9 Å². The van der Waals surface area contributed by atoms with E-state index in [9.17, 15) is 9.90 Å². The van der Waals surface area contributed by atoms with Gasteiger partial charge in [-0.15, -0.1) is 0 Å². The van der Waals surface area contributed by atoms with E-state index in [2.05, 4.69) is 14.9 Å². The van der Waals surface area contributed by atoms with Gasteiger partial charge in [0.15, 0.2) is 0 Å². The van der Waals surface area contributed by atoms with Crippen molar-refractivity contribution in [2.75, 3.05) is 44.2 Å². The molecule has 2 aromatic rings. The maximum absolute atomic E-state index is 12.6. The summed E-state index contributed by atoms with van der Waals surface area (Å²) in [5.41, 5.74) is 2.93. The number of phenolic OH excluding ortho intramolecular Hbond substituents is 1. The van der Waals surface area contributed by atoms with Crippen LogP contribution in [-0.2, 0) is 4.79 Å². The maximum atomic E-state index is 12.6. The molecule has 6 heteroatoms. The van der Waals surface area contributed by atoms with Gasteiger partial charge in [-0.3, -0.25) is 9.69 Å². The van der Waals surface area contributed by atoms with Gasteiger partial charge in [-0.2, -0.15) is 5.10 Å². The zero-order chi connectivity index (χ0) is 18.6. The average Bonchev–Trinajstić information content (AvgIpc) is 3.20. The van der Waals surface area contributed by atoms with Crippen molar-refractivity contribution in [3.63, 3.8) is 0 Å². The van der Waals surface area contributed by atoms with Crippen molar-refractivity contribution in [1.82, 2.24) is 9.91 Å². The summed E-state index contributed by atoms with van der Waals surface area (Å²) in [6.45, 7) is 4.22. The monoisotopic (exact) mass is 364 g/mol. The van der Waals surface area contributed by atoms with Crippen LogP contribution in [0.5, 0.6) is 5.75 Å². The molecule has 6 nitrogen and oxygen atoms in total. The Balaban J connectivity index is 1.31. The number of hydrogen-bond acceptors (Lipinski definition) is 5. The predicted molar refractivity (Wildman–Crippen MR) is 106 cm³/mol. The number of para-hydroxylation sites is 2. The van der Waals surface area contributed by atoms with Crippen LogP contribution in [0.15, 0.2) is 59.7 Å². The molecule has 0 unspecified atom stereocenters. The highest BCUT2D eigenvalue weighted by molar-refractivity contribution is 6.02. The Hall–Kier alpha value is -2.86. The minimum absolute atomic E-state index is 0.0527. The van der Waals surface area contributed by atoms with E-state index < -0.39 is 0 Å². The van der Waals surface area contributed by atoms with Gasteiger partial charge in [0.1, 0.15) is 5.75 Å². The Morgan fingerprint density at radius 1 is 0.926 bits per heavy atom. The quantitative estimate of drug-likeness (QED) is 0.903. The third-order valence-corrected chi connectivity index (χ3v) is 5.15. The van der Waals surface area contributed by atoms with Crippen LogP contribution in [0.25, 0.3) is 0 Å². The van der Waals surface area contributed by atoms with Crippen molar-refractivity contribution in [1.29, 1.82) is 0 Å². The first-order valence-corrected chi connectivity index (χ1v) is 9.39. The SMILES string of the molecule is O=C(CN1CCN(c2ccccc2O)CC1)N1CCC(c2ccccc2)=N1. The third kappa shape index (κ3) is 3.95. The molecule has 2 aliphatic heterocycles. The maximum Gasteiger partial charge on any atom is 0.256 e. The summed E-state index contributed by atoms with van der Waals surface area (Å²) in [6.07, 6.45) is 0.802. The molecular weight excluding hydrogens is 340 g/mol. The van der Waals surface area contributed by atoms with Crippen LogP contribution in [0.2, 0.25) is 0 Å². The lowest BCUT2D eigenvalue weighted by molar-refractivity contribution is -0.132.